The molecule has 1 saturated heterocycles. The molecule has 2 heterocycles. The van der Waals surface area contributed by atoms with Crippen LogP contribution in [0, 0.1) is 0 Å². The minimum absolute atomic E-state index is 0.653. The van der Waals surface area contributed by atoms with E-state index in [1.807, 2.05) is 6.07 Å². The summed E-state index contributed by atoms with van der Waals surface area (Å²) in [7, 11) is 4.31. The van der Waals surface area contributed by atoms with E-state index in [2.05, 4.69) is 30.0 Å². The van der Waals surface area contributed by atoms with Crippen molar-refractivity contribution in [2.45, 2.75) is 18.9 Å². The summed E-state index contributed by atoms with van der Waals surface area (Å²) < 4.78 is 5.64. The summed E-state index contributed by atoms with van der Waals surface area (Å²) >= 11 is 0. The zero-order valence-corrected chi connectivity index (χ0v) is 11.1. The highest BCUT2D eigenvalue weighted by Gasteiger charge is 2.28. The third-order valence-corrected chi connectivity index (χ3v) is 4.10. The molecule has 2 aliphatic heterocycles. The summed E-state index contributed by atoms with van der Waals surface area (Å²) in [5.74, 6) is 0.917. The van der Waals surface area contributed by atoms with Crippen LogP contribution in [0.2, 0.25) is 0 Å². The van der Waals surface area contributed by atoms with Gasteiger partial charge in [-0.25, -0.2) is 0 Å². The number of anilines is 2. The Balaban J connectivity index is 1.88. The molecule has 1 unspecified atom stereocenters. The summed E-state index contributed by atoms with van der Waals surface area (Å²) in [6.07, 6.45) is 2.21. The van der Waals surface area contributed by atoms with Crippen LogP contribution in [0.4, 0.5) is 11.4 Å². The van der Waals surface area contributed by atoms with Gasteiger partial charge in [0.15, 0.2) is 0 Å². The lowest BCUT2D eigenvalue weighted by atomic mass is 10.1. The molecule has 0 saturated carbocycles. The van der Waals surface area contributed by atoms with Gasteiger partial charge in [0.2, 0.25) is 0 Å². The minimum Gasteiger partial charge on any atom is -0.491 e. The number of benzene rings is 1. The van der Waals surface area contributed by atoms with Crippen molar-refractivity contribution >= 4 is 11.4 Å². The van der Waals surface area contributed by atoms with Crippen LogP contribution in [-0.2, 0) is 6.42 Å². The van der Waals surface area contributed by atoms with E-state index in [-0.39, 0.29) is 0 Å². The van der Waals surface area contributed by atoms with Crippen LogP contribution in [-0.4, -0.2) is 44.7 Å². The maximum absolute atomic E-state index is 5.96. The zero-order valence-electron chi connectivity index (χ0n) is 11.1. The van der Waals surface area contributed by atoms with Gasteiger partial charge in [0.1, 0.15) is 5.75 Å². The average molecular weight is 247 g/mol. The summed E-state index contributed by atoms with van der Waals surface area (Å²) in [6.45, 7) is 2.99. The second-order valence-corrected chi connectivity index (χ2v) is 5.43. The summed E-state index contributed by atoms with van der Waals surface area (Å²) in [4.78, 5) is 4.78. The lowest BCUT2D eigenvalue weighted by molar-refractivity contribution is 0.315. The first-order valence-electron chi connectivity index (χ1n) is 6.62. The van der Waals surface area contributed by atoms with E-state index in [4.69, 9.17) is 10.5 Å². The molecule has 98 valence electrons. The Labute approximate surface area is 108 Å². The fourth-order valence-electron chi connectivity index (χ4n) is 2.98. The molecule has 1 aromatic carbocycles. The largest absolute Gasteiger partial charge is 0.491 e. The number of likely N-dealkylation sites (N-methyl/N-ethyl adjacent to an activating group) is 1. The number of hydrogen-bond donors (Lipinski definition) is 1. The van der Waals surface area contributed by atoms with Crippen LogP contribution in [0.5, 0.6) is 5.75 Å². The second kappa shape index (κ2) is 4.35. The van der Waals surface area contributed by atoms with Crippen molar-refractivity contribution in [2.75, 3.05) is 44.4 Å². The quantitative estimate of drug-likeness (QED) is 0.801. The first kappa shape index (κ1) is 11.7. The molecule has 2 aliphatic rings. The van der Waals surface area contributed by atoms with Crippen LogP contribution in [0.25, 0.3) is 0 Å². The minimum atomic E-state index is 0.653. The average Bonchev–Trinajstić information content (AvgIpc) is 2.98. The molecule has 0 aliphatic carbocycles. The number of nitrogens with zero attached hydrogens (tertiary/aromatic N) is 2. The Morgan fingerprint density at radius 2 is 2.22 bits per heavy atom. The lowest BCUT2D eigenvalue weighted by Gasteiger charge is -2.23. The Hall–Kier alpha value is -1.42. The van der Waals surface area contributed by atoms with Crippen molar-refractivity contribution in [1.29, 1.82) is 0 Å². The molecule has 0 spiro atoms. The molecule has 1 fully saturated rings. The molecule has 1 atom stereocenters. The molecule has 0 bridgehead atoms. The lowest BCUT2D eigenvalue weighted by Crippen LogP contribution is -2.31. The van der Waals surface area contributed by atoms with Crippen LogP contribution >= 0.6 is 0 Å². The Bertz CT molecular complexity index is 459. The maximum atomic E-state index is 5.96. The highest BCUT2D eigenvalue weighted by atomic mass is 16.5. The van der Waals surface area contributed by atoms with Gasteiger partial charge in [-0.15, -0.1) is 0 Å². The molecular formula is C14H21N3O. The van der Waals surface area contributed by atoms with E-state index in [1.54, 1.807) is 0 Å². The normalized spacial score (nSPS) is 22.4. The number of ether oxygens (including phenoxy) is 1. The van der Waals surface area contributed by atoms with E-state index < -0.39 is 0 Å². The summed E-state index contributed by atoms with van der Waals surface area (Å²) in [5.41, 5.74) is 9.36. The fraction of sp³-hybridized carbons (Fsp3) is 0.571. The molecule has 0 amide bonds. The van der Waals surface area contributed by atoms with Crippen LogP contribution in [0.1, 0.15) is 12.0 Å². The Morgan fingerprint density at radius 3 is 2.94 bits per heavy atom. The predicted octanol–water partition coefficient (Wildman–Crippen LogP) is 1.34. The molecule has 0 aromatic heterocycles. The van der Waals surface area contributed by atoms with Gasteiger partial charge in [-0.1, -0.05) is 0 Å². The van der Waals surface area contributed by atoms with E-state index >= 15 is 0 Å². The number of rotatable bonds is 2. The molecule has 0 radical (unpaired) electrons. The van der Waals surface area contributed by atoms with Crippen molar-refractivity contribution in [3.63, 3.8) is 0 Å². The fourth-order valence-corrected chi connectivity index (χ4v) is 2.98. The zero-order chi connectivity index (χ0) is 12.7. The number of nitrogens with two attached hydrogens (primary N) is 1. The van der Waals surface area contributed by atoms with Gasteiger partial charge < -0.3 is 20.3 Å². The standard InChI is InChI=1S/C14H21N3O/c1-16(2)10-5-7-17(9-10)13-4-3-12(15)14-11(13)6-8-18-14/h3-4,10H,5-9,15H2,1-2H3. The van der Waals surface area contributed by atoms with Gasteiger partial charge in [-0.05, 0) is 32.6 Å². The smallest absolute Gasteiger partial charge is 0.147 e. The first-order chi connectivity index (χ1) is 8.66. The third kappa shape index (κ3) is 1.81. The van der Waals surface area contributed by atoms with Gasteiger partial charge in [0, 0.05) is 36.8 Å². The Morgan fingerprint density at radius 1 is 1.39 bits per heavy atom. The van der Waals surface area contributed by atoms with Crippen LogP contribution in [0.3, 0.4) is 0 Å². The van der Waals surface area contributed by atoms with Crippen molar-refractivity contribution in [2.24, 2.45) is 0 Å². The van der Waals surface area contributed by atoms with E-state index in [1.165, 1.54) is 17.7 Å². The molecule has 1 aromatic rings. The monoisotopic (exact) mass is 247 g/mol. The predicted molar refractivity (Wildman–Crippen MR) is 74.4 cm³/mol. The van der Waals surface area contributed by atoms with Gasteiger partial charge in [-0.3, -0.25) is 0 Å². The van der Waals surface area contributed by atoms with Crippen LogP contribution < -0.4 is 15.4 Å². The van der Waals surface area contributed by atoms with Crippen molar-refractivity contribution in [3.05, 3.63) is 17.7 Å². The molecular weight excluding hydrogens is 226 g/mol. The summed E-state index contributed by atoms with van der Waals surface area (Å²) in [5, 5.41) is 0. The van der Waals surface area contributed by atoms with Crippen molar-refractivity contribution in [3.8, 4) is 5.75 Å². The topological polar surface area (TPSA) is 41.7 Å². The van der Waals surface area contributed by atoms with E-state index in [0.717, 1.165) is 37.6 Å². The first-order valence-corrected chi connectivity index (χ1v) is 6.62. The third-order valence-electron chi connectivity index (χ3n) is 4.10. The molecule has 3 rings (SSSR count). The van der Waals surface area contributed by atoms with E-state index in [9.17, 15) is 0 Å². The molecule has 2 N–H and O–H groups in total. The maximum Gasteiger partial charge on any atom is 0.147 e. The van der Waals surface area contributed by atoms with Gasteiger partial charge in [0.25, 0.3) is 0 Å². The number of nitrogen functional groups attached to an aromatic ring is 1. The Kier molecular flexibility index (Phi) is 2.82. The van der Waals surface area contributed by atoms with Crippen LogP contribution in [0.15, 0.2) is 12.1 Å². The summed E-state index contributed by atoms with van der Waals surface area (Å²) in [6, 6.07) is 4.78. The number of fused-ring (bicyclic) bond motifs is 1. The van der Waals surface area contributed by atoms with Crippen molar-refractivity contribution in [1.82, 2.24) is 4.90 Å². The molecule has 18 heavy (non-hydrogen) atoms. The number of hydrogen-bond acceptors (Lipinski definition) is 4. The van der Waals surface area contributed by atoms with Gasteiger partial charge >= 0.3 is 0 Å². The van der Waals surface area contributed by atoms with Crippen molar-refractivity contribution < 1.29 is 4.74 Å². The van der Waals surface area contributed by atoms with Gasteiger partial charge in [0.05, 0.1) is 12.3 Å². The van der Waals surface area contributed by atoms with Gasteiger partial charge in [-0.2, -0.15) is 0 Å². The molecule has 4 heteroatoms. The van der Waals surface area contributed by atoms with E-state index in [0.29, 0.717) is 6.04 Å². The highest BCUT2D eigenvalue weighted by molar-refractivity contribution is 5.70. The highest BCUT2D eigenvalue weighted by Crippen LogP contribution is 2.39. The molecule has 4 nitrogen and oxygen atoms in total. The second-order valence-electron chi connectivity index (χ2n) is 5.43. The SMILES string of the molecule is CN(C)C1CCN(c2ccc(N)c3c2CCO3)C1.